The average Bonchev–Trinajstić information content (AvgIpc) is 2.15. The fraction of sp³-hybridized carbons (Fsp3) is 0.286. The van der Waals surface area contributed by atoms with Gasteiger partial charge in [-0.25, -0.2) is 10.6 Å². The number of hydrogen-bond donors (Lipinski definition) is 3. The Hall–Kier alpha value is -1.34. The molecule has 0 saturated carbocycles. The van der Waals surface area contributed by atoms with Gasteiger partial charge in [-0.2, -0.15) is 4.98 Å². The lowest BCUT2D eigenvalue weighted by Gasteiger charge is -2.06. The minimum Gasteiger partial charge on any atom is -0.309 e. The molecule has 1 aromatic rings. The fourth-order valence-corrected chi connectivity index (χ4v) is 1.67. The maximum Gasteiger partial charge on any atom is 0.346 e. The first kappa shape index (κ1) is 10.7. The van der Waals surface area contributed by atoms with Crippen molar-refractivity contribution in [2.45, 2.75) is 11.9 Å². The molecule has 14 heavy (non-hydrogen) atoms. The van der Waals surface area contributed by atoms with Crippen LogP contribution in [0.3, 0.4) is 0 Å². The summed E-state index contributed by atoms with van der Waals surface area (Å²) in [6.45, 7) is 1.62. The molecular weight excluding hydrogens is 204 g/mol. The summed E-state index contributed by atoms with van der Waals surface area (Å²) >= 11 is 1.22. The molecule has 76 valence electrons. The molecular formula is C7H10N4O2S. The number of aromatic amines is 1. The van der Waals surface area contributed by atoms with Crippen LogP contribution in [-0.2, 0) is 0 Å². The van der Waals surface area contributed by atoms with Crippen molar-refractivity contribution in [3.63, 3.8) is 0 Å². The molecule has 0 atom stereocenters. The fourth-order valence-electron chi connectivity index (χ4n) is 1.05. The lowest BCUT2D eigenvalue weighted by molar-refractivity contribution is 0.0948. The third-order valence-corrected chi connectivity index (χ3v) is 2.32. The Balaban J connectivity index is 3.39. The van der Waals surface area contributed by atoms with Crippen molar-refractivity contribution < 1.29 is 4.79 Å². The predicted molar refractivity (Wildman–Crippen MR) is 53.0 cm³/mol. The second-order valence-corrected chi connectivity index (χ2v) is 3.32. The van der Waals surface area contributed by atoms with E-state index in [0.29, 0.717) is 16.3 Å². The molecule has 0 spiro atoms. The lowest BCUT2D eigenvalue weighted by Crippen LogP contribution is -2.32. The SMILES string of the molecule is CSc1nc(=O)[nH]c(C)c1C(=O)NN. The van der Waals surface area contributed by atoms with Crippen molar-refractivity contribution in [2.24, 2.45) is 5.84 Å². The van der Waals surface area contributed by atoms with Gasteiger partial charge >= 0.3 is 5.69 Å². The largest absolute Gasteiger partial charge is 0.346 e. The van der Waals surface area contributed by atoms with Crippen molar-refractivity contribution >= 4 is 17.7 Å². The second-order valence-electron chi connectivity index (χ2n) is 2.52. The van der Waals surface area contributed by atoms with Gasteiger partial charge in [-0.05, 0) is 13.2 Å². The maximum absolute atomic E-state index is 11.3. The molecule has 1 aromatic heterocycles. The van der Waals surface area contributed by atoms with Gasteiger partial charge in [-0.15, -0.1) is 11.8 Å². The number of nitrogens with two attached hydrogens (primary N) is 1. The van der Waals surface area contributed by atoms with Crippen molar-refractivity contribution in [1.82, 2.24) is 15.4 Å². The van der Waals surface area contributed by atoms with Crippen LogP contribution in [0.15, 0.2) is 9.82 Å². The molecule has 0 bridgehead atoms. The highest BCUT2D eigenvalue weighted by atomic mass is 32.2. The van der Waals surface area contributed by atoms with Crippen LogP contribution >= 0.6 is 11.8 Å². The summed E-state index contributed by atoms with van der Waals surface area (Å²) in [5.41, 5.74) is 2.29. The van der Waals surface area contributed by atoms with Gasteiger partial charge in [0.25, 0.3) is 5.91 Å². The standard InChI is InChI=1S/C7H10N4O2S/c1-3-4(5(12)11-8)6(14-2)10-7(13)9-3/h8H2,1-2H3,(H,11,12)(H,9,10,13). The molecule has 1 amide bonds. The number of hydrogen-bond acceptors (Lipinski definition) is 5. The second kappa shape index (κ2) is 4.25. The van der Waals surface area contributed by atoms with E-state index < -0.39 is 11.6 Å². The molecule has 6 nitrogen and oxygen atoms in total. The number of carbonyl (C=O) groups is 1. The maximum atomic E-state index is 11.3. The number of aromatic nitrogens is 2. The average molecular weight is 214 g/mol. The van der Waals surface area contributed by atoms with Crippen LogP contribution in [0.5, 0.6) is 0 Å². The molecule has 4 N–H and O–H groups in total. The van der Waals surface area contributed by atoms with Crippen LogP contribution in [0.25, 0.3) is 0 Å². The molecule has 0 radical (unpaired) electrons. The smallest absolute Gasteiger partial charge is 0.309 e. The topological polar surface area (TPSA) is 101 Å². The number of nitrogens with one attached hydrogen (secondary N) is 2. The number of hydrazine groups is 1. The summed E-state index contributed by atoms with van der Waals surface area (Å²) in [6, 6.07) is 0. The molecule has 0 saturated heterocycles. The van der Waals surface area contributed by atoms with Crippen molar-refractivity contribution in [1.29, 1.82) is 0 Å². The van der Waals surface area contributed by atoms with Gasteiger partial charge in [-0.1, -0.05) is 0 Å². The summed E-state index contributed by atoms with van der Waals surface area (Å²) in [4.78, 5) is 28.4. The minimum absolute atomic E-state index is 0.305. The van der Waals surface area contributed by atoms with E-state index in [2.05, 4.69) is 9.97 Å². The summed E-state index contributed by atoms with van der Waals surface area (Å²) in [6.07, 6.45) is 1.73. The quantitative estimate of drug-likeness (QED) is 0.201. The van der Waals surface area contributed by atoms with Gasteiger partial charge in [0.05, 0.1) is 5.56 Å². The van der Waals surface area contributed by atoms with Crippen molar-refractivity contribution in [3.05, 3.63) is 21.7 Å². The molecule has 0 aliphatic rings. The van der Waals surface area contributed by atoms with E-state index in [1.807, 2.05) is 5.43 Å². The highest BCUT2D eigenvalue weighted by molar-refractivity contribution is 7.98. The summed E-state index contributed by atoms with van der Waals surface area (Å²) in [5.74, 6) is 4.54. The van der Waals surface area contributed by atoms with Gasteiger partial charge in [-0.3, -0.25) is 10.2 Å². The first-order chi connectivity index (χ1) is 6.60. The monoisotopic (exact) mass is 214 g/mol. The van der Waals surface area contributed by atoms with Crippen LogP contribution in [0.4, 0.5) is 0 Å². The molecule has 0 aliphatic heterocycles. The van der Waals surface area contributed by atoms with Crippen LogP contribution in [0.1, 0.15) is 16.1 Å². The number of aryl methyl sites for hydroxylation is 1. The summed E-state index contributed by atoms with van der Waals surface area (Å²) in [7, 11) is 0. The number of amides is 1. The highest BCUT2D eigenvalue weighted by Crippen LogP contribution is 2.17. The minimum atomic E-state index is -0.472. The predicted octanol–water partition coefficient (Wildman–Crippen LogP) is -0.596. The van der Waals surface area contributed by atoms with E-state index in [9.17, 15) is 9.59 Å². The number of thioether (sulfide) groups is 1. The number of H-pyrrole nitrogens is 1. The third-order valence-electron chi connectivity index (χ3n) is 1.64. The third kappa shape index (κ3) is 1.94. The first-order valence-electron chi connectivity index (χ1n) is 3.76. The molecule has 0 unspecified atom stereocenters. The van der Waals surface area contributed by atoms with Gasteiger partial charge < -0.3 is 4.98 Å². The Morgan fingerprint density at radius 3 is 2.79 bits per heavy atom. The van der Waals surface area contributed by atoms with Crippen LogP contribution in [0.2, 0.25) is 0 Å². The van der Waals surface area contributed by atoms with Gasteiger partial charge in [0, 0.05) is 5.69 Å². The van der Waals surface area contributed by atoms with E-state index >= 15 is 0 Å². The molecule has 0 aromatic carbocycles. The molecule has 1 heterocycles. The van der Waals surface area contributed by atoms with Gasteiger partial charge in [0.2, 0.25) is 0 Å². The van der Waals surface area contributed by atoms with E-state index in [1.54, 1.807) is 13.2 Å². The Morgan fingerprint density at radius 2 is 2.29 bits per heavy atom. The van der Waals surface area contributed by atoms with E-state index in [0.717, 1.165) is 0 Å². The zero-order valence-corrected chi connectivity index (χ0v) is 8.57. The lowest BCUT2D eigenvalue weighted by atomic mass is 10.2. The van der Waals surface area contributed by atoms with Gasteiger partial charge in [0.15, 0.2) is 0 Å². The number of carbonyl (C=O) groups excluding carboxylic acids is 1. The van der Waals surface area contributed by atoms with Crippen LogP contribution < -0.4 is 17.0 Å². The molecule has 0 aliphatic carbocycles. The molecule has 7 heteroatoms. The Morgan fingerprint density at radius 1 is 1.64 bits per heavy atom. The van der Waals surface area contributed by atoms with Crippen LogP contribution in [-0.4, -0.2) is 22.1 Å². The Labute approximate surface area is 84.3 Å². The molecule has 1 rings (SSSR count). The summed E-state index contributed by atoms with van der Waals surface area (Å²) in [5, 5.41) is 0.370. The van der Waals surface area contributed by atoms with E-state index in [4.69, 9.17) is 5.84 Å². The normalized spacial score (nSPS) is 9.93. The van der Waals surface area contributed by atoms with Gasteiger partial charge in [0.1, 0.15) is 5.03 Å². The number of nitrogens with zero attached hydrogens (tertiary/aromatic N) is 1. The number of nitrogen functional groups attached to an aromatic ring is 1. The van der Waals surface area contributed by atoms with E-state index in [1.165, 1.54) is 11.8 Å². The van der Waals surface area contributed by atoms with Crippen molar-refractivity contribution in [3.8, 4) is 0 Å². The Kier molecular flexibility index (Phi) is 3.26. The summed E-state index contributed by atoms with van der Waals surface area (Å²) < 4.78 is 0. The number of rotatable bonds is 2. The van der Waals surface area contributed by atoms with Crippen molar-refractivity contribution in [2.75, 3.05) is 6.26 Å². The first-order valence-corrected chi connectivity index (χ1v) is 4.98. The Bertz CT molecular complexity index is 415. The highest BCUT2D eigenvalue weighted by Gasteiger charge is 2.15. The molecule has 0 fully saturated rings. The van der Waals surface area contributed by atoms with Crippen LogP contribution in [0, 0.1) is 6.92 Å². The zero-order valence-electron chi connectivity index (χ0n) is 7.75. The zero-order chi connectivity index (χ0) is 10.7. The van der Waals surface area contributed by atoms with E-state index in [-0.39, 0.29) is 0 Å².